The molecule has 3 aromatic carbocycles. The molecule has 5 nitrogen and oxygen atoms in total. The van der Waals surface area contributed by atoms with Crippen LogP contribution < -0.4 is 9.47 Å². The van der Waals surface area contributed by atoms with Gasteiger partial charge in [0, 0.05) is 18.4 Å². The molecule has 0 unspecified atom stereocenters. The molecule has 0 bridgehead atoms. The minimum absolute atomic E-state index is 0.0305. The highest BCUT2D eigenvalue weighted by Crippen LogP contribution is 2.41. The molecule has 7 heteroatoms. The Morgan fingerprint density at radius 3 is 2.32 bits per heavy atom. The van der Waals surface area contributed by atoms with Crippen LogP contribution in [0.15, 0.2) is 60.7 Å². The van der Waals surface area contributed by atoms with Gasteiger partial charge in [-0.3, -0.25) is 9.59 Å². The zero-order valence-corrected chi connectivity index (χ0v) is 18.6. The quantitative estimate of drug-likeness (QED) is 0.448. The van der Waals surface area contributed by atoms with Gasteiger partial charge in [0.15, 0.2) is 17.3 Å². The number of aliphatic carboxylic acids is 1. The topological polar surface area (TPSA) is 72.8 Å². The van der Waals surface area contributed by atoms with Gasteiger partial charge in [0.05, 0.1) is 19.1 Å². The Kier molecular flexibility index (Phi) is 6.63. The third kappa shape index (κ3) is 4.78. The summed E-state index contributed by atoms with van der Waals surface area (Å²) in [6, 6.07) is 15.4. The third-order valence-corrected chi connectivity index (χ3v) is 6.25. The SMILES string of the molecule is COc1ccc(C(=O)CC2(C(=O)O)Cc3ccccc3C2)cc1OCCc1cc(F)ccc1F. The Bertz CT molecular complexity index is 1210. The van der Waals surface area contributed by atoms with E-state index in [9.17, 15) is 23.5 Å². The fraction of sp³-hybridized carbons (Fsp3) is 0.259. The molecule has 0 aromatic heterocycles. The predicted octanol–water partition coefficient (Wildman–Crippen LogP) is 5.04. The van der Waals surface area contributed by atoms with Gasteiger partial charge in [-0.2, -0.15) is 0 Å². The lowest BCUT2D eigenvalue weighted by Gasteiger charge is -2.23. The van der Waals surface area contributed by atoms with Crippen LogP contribution in [0.5, 0.6) is 11.5 Å². The predicted molar refractivity (Wildman–Crippen MR) is 121 cm³/mol. The molecule has 1 aliphatic rings. The van der Waals surface area contributed by atoms with E-state index in [0.29, 0.717) is 24.2 Å². The van der Waals surface area contributed by atoms with Gasteiger partial charge < -0.3 is 14.6 Å². The van der Waals surface area contributed by atoms with Crippen LogP contribution in [-0.2, 0) is 24.1 Å². The second kappa shape index (κ2) is 9.63. The molecule has 4 rings (SSSR count). The zero-order valence-electron chi connectivity index (χ0n) is 18.6. The number of benzene rings is 3. The maximum atomic E-state index is 13.9. The van der Waals surface area contributed by atoms with E-state index in [1.165, 1.54) is 13.2 Å². The van der Waals surface area contributed by atoms with Crippen molar-refractivity contribution in [2.45, 2.75) is 25.7 Å². The molecule has 0 amide bonds. The number of halogens is 2. The molecular formula is C27H24F2O5. The first kappa shape index (κ1) is 23.4. The number of carbonyl (C=O) groups excluding carboxylic acids is 1. The van der Waals surface area contributed by atoms with Crippen LogP contribution in [-0.4, -0.2) is 30.6 Å². The van der Waals surface area contributed by atoms with Gasteiger partial charge in [-0.15, -0.1) is 0 Å². The molecule has 3 aromatic rings. The minimum Gasteiger partial charge on any atom is -0.493 e. The molecule has 0 heterocycles. The average Bonchev–Trinajstić information content (AvgIpc) is 3.20. The Labute approximate surface area is 195 Å². The van der Waals surface area contributed by atoms with Gasteiger partial charge in [-0.05, 0) is 65.9 Å². The fourth-order valence-electron chi connectivity index (χ4n) is 4.42. The van der Waals surface area contributed by atoms with Crippen molar-refractivity contribution in [2.24, 2.45) is 5.41 Å². The van der Waals surface area contributed by atoms with Crippen molar-refractivity contribution in [2.75, 3.05) is 13.7 Å². The zero-order chi connectivity index (χ0) is 24.3. The molecule has 0 aliphatic heterocycles. The number of carboxylic acids is 1. The standard InChI is InChI=1S/C27H24F2O5/c1-33-24-9-6-18(13-25(24)34-11-10-17-12-21(28)7-8-22(17)29)23(30)16-27(26(31)32)14-19-4-2-3-5-20(19)15-27/h2-9,12-13H,10-11,14-16H2,1H3,(H,31,32). The molecule has 0 saturated heterocycles. The molecule has 0 fully saturated rings. The molecule has 34 heavy (non-hydrogen) atoms. The molecule has 0 radical (unpaired) electrons. The van der Waals surface area contributed by atoms with Crippen LogP contribution >= 0.6 is 0 Å². The summed E-state index contributed by atoms with van der Waals surface area (Å²) in [5.41, 5.74) is 1.16. The summed E-state index contributed by atoms with van der Waals surface area (Å²) in [5, 5.41) is 9.98. The number of Topliss-reactive ketones (excluding diaryl/α,β-unsaturated/α-hetero) is 1. The molecule has 0 atom stereocenters. The van der Waals surface area contributed by atoms with Gasteiger partial charge in [0.2, 0.25) is 0 Å². The number of carbonyl (C=O) groups is 2. The average molecular weight is 466 g/mol. The van der Waals surface area contributed by atoms with Crippen molar-refractivity contribution in [3.63, 3.8) is 0 Å². The van der Waals surface area contributed by atoms with Crippen LogP contribution in [0.2, 0.25) is 0 Å². The highest BCUT2D eigenvalue weighted by Gasteiger charge is 2.45. The lowest BCUT2D eigenvalue weighted by molar-refractivity contribution is -0.148. The summed E-state index contributed by atoms with van der Waals surface area (Å²) in [6.45, 7) is 0.0305. The highest BCUT2D eigenvalue weighted by molar-refractivity contribution is 5.99. The molecule has 0 spiro atoms. The van der Waals surface area contributed by atoms with Crippen molar-refractivity contribution in [1.29, 1.82) is 0 Å². The number of rotatable bonds is 9. The molecule has 1 N–H and O–H groups in total. The first-order valence-corrected chi connectivity index (χ1v) is 10.9. The summed E-state index contributed by atoms with van der Waals surface area (Å²) in [4.78, 5) is 25.3. The van der Waals surface area contributed by atoms with Gasteiger partial charge in [0.1, 0.15) is 11.6 Å². The number of hydrogen-bond acceptors (Lipinski definition) is 4. The summed E-state index contributed by atoms with van der Waals surface area (Å²) in [5.74, 6) is -1.75. The smallest absolute Gasteiger partial charge is 0.310 e. The summed E-state index contributed by atoms with van der Waals surface area (Å²) in [6.07, 6.45) is 0.550. The number of ketones is 1. The van der Waals surface area contributed by atoms with Crippen LogP contribution in [0.4, 0.5) is 8.78 Å². The number of methoxy groups -OCH3 is 1. The fourth-order valence-corrected chi connectivity index (χ4v) is 4.42. The first-order valence-electron chi connectivity index (χ1n) is 10.9. The highest BCUT2D eigenvalue weighted by atomic mass is 19.1. The Morgan fingerprint density at radius 1 is 0.971 bits per heavy atom. The normalized spacial score (nSPS) is 13.9. The monoisotopic (exact) mass is 466 g/mol. The number of fused-ring (bicyclic) bond motifs is 1. The van der Waals surface area contributed by atoms with E-state index < -0.39 is 23.0 Å². The van der Waals surface area contributed by atoms with Crippen molar-refractivity contribution < 1.29 is 33.0 Å². The largest absolute Gasteiger partial charge is 0.493 e. The number of carboxylic acid groups (broad SMARTS) is 1. The van der Waals surface area contributed by atoms with Gasteiger partial charge in [0.25, 0.3) is 0 Å². The van der Waals surface area contributed by atoms with E-state index in [1.807, 2.05) is 24.3 Å². The van der Waals surface area contributed by atoms with Crippen LogP contribution in [0.25, 0.3) is 0 Å². The second-order valence-corrected chi connectivity index (χ2v) is 8.51. The number of ether oxygens (including phenoxy) is 2. The number of hydrogen-bond donors (Lipinski definition) is 1. The molecule has 176 valence electrons. The maximum absolute atomic E-state index is 13.9. The van der Waals surface area contributed by atoms with Crippen LogP contribution in [0.1, 0.15) is 33.5 Å². The van der Waals surface area contributed by atoms with Crippen molar-refractivity contribution >= 4 is 11.8 Å². The first-order chi connectivity index (χ1) is 16.3. The molecule has 1 aliphatic carbocycles. The maximum Gasteiger partial charge on any atom is 0.310 e. The Balaban J connectivity index is 1.50. The Morgan fingerprint density at radius 2 is 1.68 bits per heavy atom. The van der Waals surface area contributed by atoms with Gasteiger partial charge >= 0.3 is 5.97 Å². The lowest BCUT2D eigenvalue weighted by Crippen LogP contribution is -2.34. The summed E-state index contributed by atoms with van der Waals surface area (Å²) >= 11 is 0. The van der Waals surface area contributed by atoms with Crippen LogP contribution in [0, 0.1) is 17.0 Å². The minimum atomic E-state index is -1.20. The summed E-state index contributed by atoms with van der Waals surface area (Å²) in [7, 11) is 1.45. The molecule has 0 saturated carbocycles. The Hall–Kier alpha value is -3.74. The van der Waals surface area contributed by atoms with E-state index in [1.54, 1.807) is 12.1 Å². The molecular weight excluding hydrogens is 442 g/mol. The van der Waals surface area contributed by atoms with Crippen LogP contribution in [0.3, 0.4) is 0 Å². The van der Waals surface area contributed by atoms with Crippen molar-refractivity contribution in [3.05, 3.63) is 94.6 Å². The van der Waals surface area contributed by atoms with E-state index >= 15 is 0 Å². The summed E-state index contributed by atoms with van der Waals surface area (Å²) < 4.78 is 38.3. The van der Waals surface area contributed by atoms with Crippen molar-refractivity contribution in [3.8, 4) is 11.5 Å². The van der Waals surface area contributed by atoms with Gasteiger partial charge in [-0.25, -0.2) is 8.78 Å². The van der Waals surface area contributed by atoms with Crippen molar-refractivity contribution in [1.82, 2.24) is 0 Å². The third-order valence-electron chi connectivity index (χ3n) is 6.25. The lowest BCUT2D eigenvalue weighted by atomic mass is 9.79. The second-order valence-electron chi connectivity index (χ2n) is 8.51. The van der Waals surface area contributed by atoms with E-state index in [-0.39, 0.29) is 36.5 Å². The van der Waals surface area contributed by atoms with Gasteiger partial charge in [-0.1, -0.05) is 24.3 Å². The van der Waals surface area contributed by atoms with E-state index in [2.05, 4.69) is 0 Å². The van der Waals surface area contributed by atoms with E-state index in [0.717, 1.165) is 29.3 Å². The van der Waals surface area contributed by atoms with E-state index in [4.69, 9.17) is 9.47 Å².